The van der Waals surface area contributed by atoms with Crippen LogP contribution in [-0.4, -0.2) is 49.5 Å². The number of hydrogen-bond acceptors (Lipinski definition) is 5. The van der Waals surface area contributed by atoms with Crippen LogP contribution in [0.25, 0.3) is 11.4 Å². The Bertz CT molecular complexity index is 1880. The van der Waals surface area contributed by atoms with Gasteiger partial charge in [0.15, 0.2) is 0 Å². The van der Waals surface area contributed by atoms with Crippen molar-refractivity contribution in [1.29, 1.82) is 0 Å². The fourth-order valence-corrected chi connectivity index (χ4v) is 12.0. The second kappa shape index (κ2) is 14.3. The second-order valence-corrected chi connectivity index (χ2v) is 17.8. The summed E-state index contributed by atoms with van der Waals surface area (Å²) in [5, 5.41) is 19.4. The van der Waals surface area contributed by atoms with Gasteiger partial charge in [0.2, 0.25) is 0 Å². The first-order chi connectivity index (χ1) is 25.8. The minimum Gasteiger partial charge on any atom is -0.367 e. The molecule has 2 aromatic heterocycles. The number of carbonyl (C=O) groups excluding carboxylic acids is 2. The van der Waals surface area contributed by atoms with Crippen LogP contribution in [0.4, 0.5) is 5.82 Å². The first-order valence-corrected chi connectivity index (χ1v) is 20.5. The first-order valence-electron chi connectivity index (χ1n) is 20.1. The van der Waals surface area contributed by atoms with Crippen molar-refractivity contribution in [3.63, 3.8) is 0 Å². The van der Waals surface area contributed by atoms with E-state index in [1.54, 1.807) is 17.1 Å². The average molecular weight is 734 g/mol. The normalized spacial score (nSPS) is 31.6. The Hall–Kier alpha value is -4.11. The smallest absolute Gasteiger partial charge is 0.256 e. The molecule has 3 N–H and O–H groups in total. The standard InChI is InChI=1S/C23H30N4O.C20H22ClN3O/c1-14(2)25-22-20(13-24-27(22)19-6-4-3-5-7-19)23(28)26-21-17-9-15-8-16(11-17)12-18(21)10-15;21-19-17(11-22-24(19)16-4-2-1-3-5-16)20(25)23-18-14-7-12-6-13(9-14)10-15(18)8-12/h3-7,13-18,21,25H,8-12H2,1-2H3,(H,26,28);1-5,11-15,18H,6-10H2,(H,23,25). The highest BCUT2D eigenvalue weighted by Gasteiger charge is 2.50. The van der Waals surface area contributed by atoms with Crippen molar-refractivity contribution in [3.8, 4) is 11.4 Å². The van der Waals surface area contributed by atoms with Crippen molar-refractivity contribution in [2.24, 2.45) is 47.3 Å². The summed E-state index contributed by atoms with van der Waals surface area (Å²) in [6, 6.07) is 20.5. The number of benzene rings is 2. The van der Waals surface area contributed by atoms with E-state index in [4.69, 9.17) is 11.6 Å². The van der Waals surface area contributed by atoms with Gasteiger partial charge in [0.1, 0.15) is 16.5 Å². The zero-order valence-corrected chi connectivity index (χ0v) is 31.6. The van der Waals surface area contributed by atoms with Crippen LogP contribution in [0.1, 0.15) is 98.8 Å². The minimum atomic E-state index is -0.0790. The van der Waals surface area contributed by atoms with E-state index < -0.39 is 0 Å². The molecule has 0 atom stereocenters. The quantitative estimate of drug-likeness (QED) is 0.169. The molecule has 0 saturated heterocycles. The summed E-state index contributed by atoms with van der Waals surface area (Å²) >= 11 is 6.46. The highest BCUT2D eigenvalue weighted by Crippen LogP contribution is 2.55. The van der Waals surface area contributed by atoms with E-state index in [1.165, 1.54) is 64.2 Å². The fraction of sp³-hybridized carbons (Fsp3) is 0.535. The van der Waals surface area contributed by atoms with Gasteiger partial charge in [0.25, 0.3) is 11.8 Å². The van der Waals surface area contributed by atoms with Gasteiger partial charge in [-0.25, -0.2) is 9.36 Å². The third-order valence-corrected chi connectivity index (χ3v) is 13.8. The van der Waals surface area contributed by atoms with Crippen LogP contribution in [0, 0.1) is 47.3 Å². The zero-order valence-electron chi connectivity index (χ0n) is 30.8. The lowest BCUT2D eigenvalue weighted by molar-refractivity contribution is -0.0119. The van der Waals surface area contributed by atoms with Gasteiger partial charge in [-0.05, 0) is 150 Å². The van der Waals surface area contributed by atoms with E-state index in [2.05, 4.69) is 40.0 Å². The highest BCUT2D eigenvalue weighted by molar-refractivity contribution is 6.33. The van der Waals surface area contributed by atoms with E-state index in [0.29, 0.717) is 52.0 Å². The molecule has 12 rings (SSSR count). The van der Waals surface area contributed by atoms with Gasteiger partial charge < -0.3 is 16.0 Å². The fourth-order valence-electron chi connectivity index (χ4n) is 11.7. The van der Waals surface area contributed by atoms with Crippen LogP contribution < -0.4 is 16.0 Å². The maximum Gasteiger partial charge on any atom is 0.256 e. The molecule has 2 amide bonds. The summed E-state index contributed by atoms with van der Waals surface area (Å²) in [5.74, 6) is 7.00. The number of nitrogens with zero attached hydrogens (tertiary/aromatic N) is 4. The number of nitrogens with one attached hydrogen (secondary N) is 3. The highest BCUT2D eigenvalue weighted by atomic mass is 35.5. The number of para-hydroxylation sites is 2. The molecule has 2 heterocycles. The number of aromatic nitrogens is 4. The van der Waals surface area contributed by atoms with Crippen LogP contribution in [0.2, 0.25) is 5.15 Å². The maximum atomic E-state index is 13.3. The molecule has 0 spiro atoms. The molecule has 8 aliphatic rings. The number of anilines is 1. The van der Waals surface area contributed by atoms with E-state index >= 15 is 0 Å². The summed E-state index contributed by atoms with van der Waals surface area (Å²) in [5.41, 5.74) is 2.94. The second-order valence-electron chi connectivity index (χ2n) is 17.4. The molecule has 8 fully saturated rings. The third-order valence-electron chi connectivity index (χ3n) is 13.4. The Morgan fingerprint density at radius 2 is 1.00 bits per heavy atom. The molecule has 278 valence electrons. The molecule has 8 bridgehead atoms. The molecule has 9 nitrogen and oxygen atoms in total. The van der Waals surface area contributed by atoms with E-state index in [1.807, 2.05) is 65.3 Å². The van der Waals surface area contributed by atoms with E-state index in [9.17, 15) is 9.59 Å². The summed E-state index contributed by atoms with van der Waals surface area (Å²) in [6.45, 7) is 4.17. The Labute approximate surface area is 317 Å². The summed E-state index contributed by atoms with van der Waals surface area (Å²) in [7, 11) is 0. The topological polar surface area (TPSA) is 106 Å². The van der Waals surface area contributed by atoms with E-state index in [0.717, 1.165) is 40.9 Å². The first kappa shape index (κ1) is 34.6. The van der Waals surface area contributed by atoms with Crippen molar-refractivity contribution in [1.82, 2.24) is 30.2 Å². The van der Waals surface area contributed by atoms with Crippen molar-refractivity contribution >= 4 is 29.2 Å². The molecular formula is C43H52ClN7O2. The van der Waals surface area contributed by atoms with Gasteiger partial charge >= 0.3 is 0 Å². The molecule has 53 heavy (non-hydrogen) atoms. The van der Waals surface area contributed by atoms with Crippen molar-refractivity contribution < 1.29 is 9.59 Å². The summed E-state index contributed by atoms with van der Waals surface area (Å²) < 4.78 is 3.46. The zero-order chi connectivity index (χ0) is 36.2. The van der Waals surface area contributed by atoms with Gasteiger partial charge in [-0.2, -0.15) is 10.2 Å². The number of hydrogen-bond donors (Lipinski definition) is 3. The molecule has 0 radical (unpaired) electrons. The average Bonchev–Trinajstić information content (AvgIpc) is 3.74. The van der Waals surface area contributed by atoms with Crippen molar-refractivity contribution in [2.45, 2.75) is 96.2 Å². The minimum absolute atomic E-state index is 0.0165. The van der Waals surface area contributed by atoms with Crippen LogP contribution in [0.15, 0.2) is 73.1 Å². The number of carbonyl (C=O) groups is 2. The Kier molecular flexibility index (Phi) is 9.33. The molecular weight excluding hydrogens is 682 g/mol. The predicted octanol–water partition coefficient (Wildman–Crippen LogP) is 8.33. The summed E-state index contributed by atoms with van der Waals surface area (Å²) in [6.07, 6.45) is 16.5. The summed E-state index contributed by atoms with van der Waals surface area (Å²) in [4.78, 5) is 26.1. The van der Waals surface area contributed by atoms with Crippen molar-refractivity contribution in [2.75, 3.05) is 5.32 Å². The Morgan fingerprint density at radius 3 is 1.45 bits per heavy atom. The van der Waals surface area contributed by atoms with Gasteiger partial charge in [0.05, 0.1) is 29.3 Å². The molecule has 0 unspecified atom stereocenters. The Balaban J connectivity index is 0.000000141. The third kappa shape index (κ3) is 6.79. The SMILES string of the molecule is CC(C)Nc1c(C(=O)NC2C3CC4CC(C3)CC2C4)cnn1-c1ccccc1.O=C(NC1C2CC3CC(C2)CC1C3)c1cnn(-c2ccccc2)c1Cl. The predicted molar refractivity (Wildman–Crippen MR) is 207 cm³/mol. The molecule has 8 saturated carbocycles. The lowest BCUT2D eigenvalue weighted by Gasteiger charge is -2.54. The van der Waals surface area contributed by atoms with Gasteiger partial charge in [-0.1, -0.05) is 48.0 Å². The lowest BCUT2D eigenvalue weighted by Crippen LogP contribution is -2.55. The maximum absolute atomic E-state index is 13.3. The molecule has 8 aliphatic carbocycles. The van der Waals surface area contributed by atoms with Crippen LogP contribution in [0.5, 0.6) is 0 Å². The number of halogens is 1. The largest absolute Gasteiger partial charge is 0.367 e. The van der Waals surface area contributed by atoms with Crippen LogP contribution >= 0.6 is 11.6 Å². The molecule has 4 aromatic rings. The molecule has 0 aliphatic heterocycles. The van der Waals surface area contributed by atoms with Gasteiger partial charge in [-0.15, -0.1) is 0 Å². The van der Waals surface area contributed by atoms with Crippen molar-refractivity contribution in [3.05, 3.63) is 89.3 Å². The Morgan fingerprint density at radius 1 is 0.604 bits per heavy atom. The van der Waals surface area contributed by atoms with Gasteiger partial charge in [0, 0.05) is 18.1 Å². The lowest BCUT2D eigenvalue weighted by atomic mass is 9.54. The molecule has 10 heteroatoms. The van der Waals surface area contributed by atoms with Crippen LogP contribution in [-0.2, 0) is 0 Å². The number of amides is 2. The number of rotatable bonds is 8. The van der Waals surface area contributed by atoms with Gasteiger partial charge in [-0.3, -0.25) is 9.59 Å². The van der Waals surface area contributed by atoms with E-state index in [-0.39, 0.29) is 17.9 Å². The monoisotopic (exact) mass is 733 g/mol. The molecule has 2 aromatic carbocycles. The van der Waals surface area contributed by atoms with Crippen LogP contribution in [0.3, 0.4) is 0 Å².